The highest BCUT2D eigenvalue weighted by Crippen LogP contribution is 2.30. The first-order chi connectivity index (χ1) is 21.4. The van der Waals surface area contributed by atoms with Crippen LogP contribution >= 0.6 is 0 Å². The van der Waals surface area contributed by atoms with Gasteiger partial charge >= 0.3 is 5.97 Å². The number of aromatic carboxylic acids is 1. The molecule has 2 aromatic carbocycles. The third-order valence-electron chi connectivity index (χ3n) is 8.42. The number of allylic oxidation sites excluding steroid dienone is 3. The molecule has 0 aliphatic carbocycles. The minimum absolute atomic E-state index is 0.0267. The van der Waals surface area contributed by atoms with Crippen molar-refractivity contribution in [3.63, 3.8) is 0 Å². The van der Waals surface area contributed by atoms with Crippen LogP contribution in [0.3, 0.4) is 0 Å². The van der Waals surface area contributed by atoms with Crippen LogP contribution < -0.4 is 9.47 Å². The minimum Gasteiger partial charge on any atom is -0.488 e. The lowest BCUT2D eigenvalue weighted by Gasteiger charge is -2.34. The summed E-state index contributed by atoms with van der Waals surface area (Å²) < 4.78 is 18.8. The average molecular weight is 600 g/mol. The Hall–Kier alpha value is -4.37. The Morgan fingerprint density at radius 2 is 1.91 bits per heavy atom. The molecule has 0 atom stereocenters. The first-order valence-corrected chi connectivity index (χ1v) is 15.3. The molecule has 1 aromatic heterocycles. The van der Waals surface area contributed by atoms with E-state index in [0.717, 1.165) is 48.2 Å². The Bertz CT molecular complexity index is 1550. The van der Waals surface area contributed by atoms with Crippen LogP contribution in [0.4, 0.5) is 0 Å². The van der Waals surface area contributed by atoms with Crippen molar-refractivity contribution in [2.75, 3.05) is 26.4 Å². The predicted molar refractivity (Wildman–Crippen MR) is 168 cm³/mol. The lowest BCUT2D eigenvalue weighted by atomic mass is 9.90. The maximum absolute atomic E-state index is 13.1. The van der Waals surface area contributed by atoms with Gasteiger partial charge in [0.2, 0.25) is 11.8 Å². The van der Waals surface area contributed by atoms with Crippen LogP contribution in [0.25, 0.3) is 6.20 Å². The number of amides is 1. The summed E-state index contributed by atoms with van der Waals surface area (Å²) in [4.78, 5) is 26.5. The molecule has 1 fully saturated rings. The van der Waals surface area contributed by atoms with E-state index in [2.05, 4.69) is 43.2 Å². The Balaban J connectivity index is 1.22. The second kappa shape index (κ2) is 14.4. The zero-order valence-corrected chi connectivity index (χ0v) is 25.8. The van der Waals surface area contributed by atoms with E-state index < -0.39 is 5.97 Å². The molecule has 3 heterocycles. The van der Waals surface area contributed by atoms with Crippen molar-refractivity contribution in [3.05, 3.63) is 93.7 Å². The molecule has 0 saturated carbocycles. The average Bonchev–Trinajstić information content (AvgIpc) is 3.44. The summed E-state index contributed by atoms with van der Waals surface area (Å²) in [6, 6.07) is 10.5. The molecule has 1 saturated heterocycles. The molecular weight excluding hydrogens is 558 g/mol. The van der Waals surface area contributed by atoms with E-state index in [0.29, 0.717) is 39.4 Å². The monoisotopic (exact) mass is 599 g/mol. The third-order valence-corrected chi connectivity index (χ3v) is 8.42. The number of ether oxygens (including phenoxy) is 3. The van der Waals surface area contributed by atoms with E-state index in [4.69, 9.17) is 14.2 Å². The molecule has 232 valence electrons. The van der Waals surface area contributed by atoms with Gasteiger partial charge in [-0.25, -0.2) is 9.48 Å². The Kier molecular flexibility index (Phi) is 10.2. The van der Waals surface area contributed by atoms with E-state index in [9.17, 15) is 14.7 Å². The number of hydrogen-bond donors (Lipinski definition) is 1. The highest BCUT2D eigenvalue weighted by Gasteiger charge is 2.29. The van der Waals surface area contributed by atoms with Crippen molar-refractivity contribution in [2.24, 2.45) is 5.92 Å². The number of benzene rings is 2. The summed E-state index contributed by atoms with van der Waals surface area (Å²) in [6.45, 7) is 9.61. The first kappa shape index (κ1) is 31.1. The zero-order valence-electron chi connectivity index (χ0n) is 25.8. The summed E-state index contributed by atoms with van der Waals surface area (Å²) in [5, 5.41) is 13.4. The number of aromatic nitrogens is 2. The minimum atomic E-state index is -1.08. The number of aryl methyl sites for hydroxylation is 1. The molecule has 1 N–H and O–H groups in total. The first-order valence-electron chi connectivity index (χ1n) is 15.3. The molecule has 0 unspecified atom stereocenters. The van der Waals surface area contributed by atoms with E-state index >= 15 is 0 Å². The van der Waals surface area contributed by atoms with Crippen molar-refractivity contribution in [3.8, 4) is 11.6 Å². The maximum atomic E-state index is 13.1. The second-order valence-electron chi connectivity index (χ2n) is 11.3. The third kappa shape index (κ3) is 7.05. The number of rotatable bonds is 11. The summed E-state index contributed by atoms with van der Waals surface area (Å²) in [5.74, 6) is 0.362. The quantitative estimate of drug-likeness (QED) is 0.280. The molecule has 2 aliphatic heterocycles. The van der Waals surface area contributed by atoms with E-state index in [-0.39, 0.29) is 23.3 Å². The van der Waals surface area contributed by atoms with E-state index in [1.54, 1.807) is 19.2 Å². The Labute approximate surface area is 258 Å². The van der Waals surface area contributed by atoms with E-state index in [1.807, 2.05) is 23.1 Å². The fourth-order valence-electron chi connectivity index (χ4n) is 5.96. The molecule has 0 radical (unpaired) electrons. The SMILES string of the molecule is CCOc1c(C(=O)O)cnn1/C=C/C=C\Cc1cccc(C)c1OCc1ccc2c(c1C)CCN(C(=O)C1CCOCC1)C2. The van der Waals surface area contributed by atoms with Gasteiger partial charge in [-0.05, 0) is 85.9 Å². The fourth-order valence-corrected chi connectivity index (χ4v) is 5.96. The topological polar surface area (TPSA) is 103 Å². The number of carboxylic acid groups (broad SMARTS) is 1. The van der Waals surface area contributed by atoms with Crippen molar-refractivity contribution in [1.29, 1.82) is 0 Å². The Morgan fingerprint density at radius 1 is 1.09 bits per heavy atom. The lowest BCUT2D eigenvalue weighted by molar-refractivity contribution is -0.139. The molecule has 3 aromatic rings. The molecule has 2 aliphatic rings. The highest BCUT2D eigenvalue weighted by atomic mass is 16.5. The van der Waals surface area contributed by atoms with Crippen LogP contribution in [0.2, 0.25) is 0 Å². The molecule has 1 amide bonds. The van der Waals surface area contributed by atoms with Gasteiger partial charge in [-0.2, -0.15) is 5.10 Å². The van der Waals surface area contributed by atoms with Gasteiger partial charge in [0, 0.05) is 38.4 Å². The number of nitrogens with zero attached hydrogens (tertiary/aromatic N) is 3. The zero-order chi connectivity index (χ0) is 31.1. The number of carboxylic acids is 1. The van der Waals surface area contributed by atoms with Gasteiger partial charge in [0.15, 0.2) is 0 Å². The molecule has 0 spiro atoms. The molecule has 9 nitrogen and oxygen atoms in total. The summed E-state index contributed by atoms with van der Waals surface area (Å²) in [6.07, 6.45) is 11.8. The number of fused-ring (bicyclic) bond motifs is 1. The van der Waals surface area contributed by atoms with Gasteiger partial charge < -0.3 is 24.2 Å². The Morgan fingerprint density at radius 3 is 2.68 bits per heavy atom. The standard InChI is InChI=1S/C35H41N3O6/c1-4-43-34-31(35(40)41)21-36-38(34)17-7-5-6-10-26-11-8-9-24(2)32(26)44-23-29-13-12-28-22-37(18-14-30(28)25(29)3)33(39)27-15-19-42-20-16-27/h5-9,11-13,17,21,27H,4,10,14-16,18-20,22-23H2,1-3H3,(H,40,41)/b6-5-,17-7+. The van der Waals surface area contributed by atoms with Crippen LogP contribution in [-0.2, 0) is 35.5 Å². The van der Waals surface area contributed by atoms with Crippen LogP contribution in [0, 0.1) is 19.8 Å². The summed E-state index contributed by atoms with van der Waals surface area (Å²) in [5.41, 5.74) is 7.15. The van der Waals surface area contributed by atoms with Crippen LogP contribution in [0.1, 0.15) is 63.5 Å². The normalized spacial score (nSPS) is 15.6. The molecule has 9 heteroatoms. The van der Waals surface area contributed by atoms with Crippen LogP contribution in [0.5, 0.6) is 11.6 Å². The van der Waals surface area contributed by atoms with Gasteiger partial charge in [0.1, 0.15) is 17.9 Å². The van der Waals surface area contributed by atoms with Gasteiger partial charge in [0.05, 0.1) is 12.8 Å². The molecule has 0 bridgehead atoms. The van der Waals surface area contributed by atoms with Gasteiger partial charge in [-0.1, -0.05) is 42.5 Å². The van der Waals surface area contributed by atoms with Crippen molar-refractivity contribution in [1.82, 2.24) is 14.7 Å². The molecule has 5 rings (SSSR count). The molecular formula is C35H41N3O6. The van der Waals surface area contributed by atoms with Crippen LogP contribution in [0.15, 0.2) is 54.8 Å². The van der Waals surface area contributed by atoms with Gasteiger partial charge in [-0.15, -0.1) is 0 Å². The molecule has 44 heavy (non-hydrogen) atoms. The van der Waals surface area contributed by atoms with Crippen molar-refractivity contribution < 1.29 is 28.9 Å². The van der Waals surface area contributed by atoms with Gasteiger partial charge in [-0.3, -0.25) is 4.79 Å². The smallest absolute Gasteiger partial charge is 0.342 e. The fraction of sp³-hybridized carbons (Fsp3) is 0.400. The second-order valence-corrected chi connectivity index (χ2v) is 11.3. The van der Waals surface area contributed by atoms with E-state index in [1.165, 1.54) is 27.6 Å². The number of para-hydroxylation sites is 1. The van der Waals surface area contributed by atoms with Crippen molar-refractivity contribution >= 4 is 18.1 Å². The van der Waals surface area contributed by atoms with Gasteiger partial charge in [0.25, 0.3) is 0 Å². The number of carbonyl (C=O) groups is 2. The largest absolute Gasteiger partial charge is 0.488 e. The van der Waals surface area contributed by atoms with Crippen LogP contribution in [-0.4, -0.2) is 58.0 Å². The lowest BCUT2D eigenvalue weighted by Crippen LogP contribution is -2.41. The number of carbonyl (C=O) groups excluding carboxylic acids is 1. The summed E-state index contributed by atoms with van der Waals surface area (Å²) >= 11 is 0. The van der Waals surface area contributed by atoms with Crippen molar-refractivity contribution in [2.45, 2.75) is 59.6 Å². The summed E-state index contributed by atoms with van der Waals surface area (Å²) in [7, 11) is 0. The highest BCUT2D eigenvalue weighted by molar-refractivity contribution is 5.90. The maximum Gasteiger partial charge on any atom is 0.342 e. The number of hydrogen-bond acceptors (Lipinski definition) is 6. The predicted octanol–water partition coefficient (Wildman–Crippen LogP) is 5.76.